The first-order chi connectivity index (χ1) is 10.1. The van der Waals surface area contributed by atoms with Gasteiger partial charge in [0.25, 0.3) is 5.56 Å². The normalized spacial score (nSPS) is 10.8. The molecular weight excluding hydrogens is 515 g/mol. The zero-order valence-electron chi connectivity index (χ0n) is 10.4. The van der Waals surface area contributed by atoms with Gasteiger partial charge < -0.3 is 9.40 Å². The summed E-state index contributed by atoms with van der Waals surface area (Å²) in [6.45, 7) is 0. The topological polar surface area (TPSA) is 58.9 Å². The van der Waals surface area contributed by atoms with Gasteiger partial charge in [0.15, 0.2) is 16.3 Å². The van der Waals surface area contributed by atoms with E-state index in [0.717, 1.165) is 10.0 Å². The highest BCUT2D eigenvalue weighted by Gasteiger charge is 2.15. The number of hydrogen-bond donors (Lipinski definition) is 1. The molecule has 106 valence electrons. The molecular formula is C14H7Br2IN2O2. The molecule has 1 N–H and O–H groups in total. The van der Waals surface area contributed by atoms with E-state index in [1.54, 1.807) is 6.07 Å². The van der Waals surface area contributed by atoms with Crippen LogP contribution in [0.15, 0.2) is 54.8 Å². The summed E-state index contributed by atoms with van der Waals surface area (Å²) < 4.78 is 7.39. The number of nitrogens with zero attached hydrogens (tertiary/aromatic N) is 1. The predicted octanol–water partition coefficient (Wildman–Crippen LogP) is 4.83. The summed E-state index contributed by atoms with van der Waals surface area (Å²) in [5.41, 5.74) is 1.33. The molecule has 0 aliphatic rings. The van der Waals surface area contributed by atoms with Crippen LogP contribution in [0.25, 0.3) is 22.8 Å². The van der Waals surface area contributed by atoms with Crippen LogP contribution < -0.4 is 5.56 Å². The molecule has 2 heterocycles. The van der Waals surface area contributed by atoms with Crippen LogP contribution in [0.3, 0.4) is 0 Å². The van der Waals surface area contributed by atoms with Gasteiger partial charge in [-0.2, -0.15) is 0 Å². The Morgan fingerprint density at radius 3 is 2.52 bits per heavy atom. The fourth-order valence-corrected chi connectivity index (χ4v) is 2.97. The summed E-state index contributed by atoms with van der Waals surface area (Å²) in [7, 11) is 0. The van der Waals surface area contributed by atoms with Gasteiger partial charge in [0.2, 0.25) is 0 Å². The summed E-state index contributed by atoms with van der Waals surface area (Å²) in [6, 6.07) is 11.3. The van der Waals surface area contributed by atoms with Gasteiger partial charge in [-0.15, -0.1) is 0 Å². The highest BCUT2D eigenvalue weighted by atomic mass is 127. The maximum Gasteiger partial charge on any atom is 0.265 e. The molecule has 0 spiro atoms. The maximum atomic E-state index is 12.1. The molecule has 0 bridgehead atoms. The lowest BCUT2D eigenvalue weighted by molar-refractivity contribution is 0.549. The van der Waals surface area contributed by atoms with E-state index in [-0.39, 0.29) is 5.56 Å². The highest BCUT2D eigenvalue weighted by Crippen LogP contribution is 2.32. The SMILES string of the molecule is O=c1[nH]c(-c2cc(Br)c(Br)o2)nc(-c2ccccc2)c1I. The summed E-state index contributed by atoms with van der Waals surface area (Å²) in [6.07, 6.45) is 0. The zero-order chi connectivity index (χ0) is 15.0. The molecule has 0 aliphatic carbocycles. The third-order valence-electron chi connectivity index (χ3n) is 2.79. The Hall–Kier alpha value is -0.930. The van der Waals surface area contributed by atoms with Crippen LogP contribution in [0.1, 0.15) is 0 Å². The second kappa shape index (κ2) is 6.05. The molecule has 0 saturated carbocycles. The molecule has 0 saturated heterocycles. The van der Waals surface area contributed by atoms with Crippen molar-refractivity contribution in [2.75, 3.05) is 0 Å². The molecule has 0 aliphatic heterocycles. The van der Waals surface area contributed by atoms with E-state index in [4.69, 9.17) is 4.42 Å². The van der Waals surface area contributed by atoms with Crippen molar-refractivity contribution in [2.24, 2.45) is 0 Å². The fraction of sp³-hybridized carbons (Fsp3) is 0. The second-order valence-corrected chi connectivity index (χ2v) is 6.83. The van der Waals surface area contributed by atoms with Crippen LogP contribution in [-0.2, 0) is 0 Å². The molecule has 0 unspecified atom stereocenters. The molecule has 3 aromatic rings. The first kappa shape index (κ1) is 15.0. The number of furan rings is 1. The Morgan fingerprint density at radius 2 is 1.90 bits per heavy atom. The number of halogens is 3. The smallest absolute Gasteiger partial charge is 0.265 e. The largest absolute Gasteiger partial charge is 0.445 e. The van der Waals surface area contributed by atoms with Gasteiger partial charge in [-0.25, -0.2) is 4.98 Å². The molecule has 21 heavy (non-hydrogen) atoms. The number of benzene rings is 1. The van der Waals surface area contributed by atoms with Gasteiger partial charge in [0.1, 0.15) is 3.57 Å². The van der Waals surface area contributed by atoms with Gasteiger partial charge in [-0.3, -0.25) is 4.79 Å². The van der Waals surface area contributed by atoms with Crippen molar-refractivity contribution >= 4 is 54.5 Å². The molecule has 3 rings (SSSR count). The minimum absolute atomic E-state index is 0.192. The molecule has 4 nitrogen and oxygen atoms in total. The van der Waals surface area contributed by atoms with Crippen LogP contribution in [-0.4, -0.2) is 9.97 Å². The minimum atomic E-state index is -0.192. The van der Waals surface area contributed by atoms with E-state index in [0.29, 0.717) is 25.5 Å². The minimum Gasteiger partial charge on any atom is -0.445 e. The molecule has 0 atom stereocenters. The van der Waals surface area contributed by atoms with Crippen LogP contribution in [0, 0.1) is 3.57 Å². The summed E-state index contributed by atoms with van der Waals surface area (Å²) >= 11 is 8.62. The molecule has 2 aromatic heterocycles. The van der Waals surface area contributed by atoms with Gasteiger partial charge in [-0.1, -0.05) is 30.3 Å². The fourth-order valence-electron chi connectivity index (χ4n) is 1.83. The van der Waals surface area contributed by atoms with Crippen LogP contribution in [0.4, 0.5) is 0 Å². The van der Waals surface area contributed by atoms with Crippen molar-refractivity contribution in [3.05, 3.63) is 59.5 Å². The van der Waals surface area contributed by atoms with Gasteiger partial charge in [0, 0.05) is 11.6 Å². The highest BCUT2D eigenvalue weighted by molar-refractivity contribution is 14.1. The van der Waals surface area contributed by atoms with Crippen molar-refractivity contribution in [3.63, 3.8) is 0 Å². The zero-order valence-corrected chi connectivity index (χ0v) is 15.7. The van der Waals surface area contributed by atoms with Crippen LogP contribution in [0.2, 0.25) is 0 Å². The number of H-pyrrole nitrogens is 1. The van der Waals surface area contributed by atoms with Crippen molar-refractivity contribution in [1.82, 2.24) is 9.97 Å². The van der Waals surface area contributed by atoms with Crippen LogP contribution in [0.5, 0.6) is 0 Å². The van der Waals surface area contributed by atoms with E-state index >= 15 is 0 Å². The Bertz CT molecular complexity index is 840. The van der Waals surface area contributed by atoms with Gasteiger partial charge >= 0.3 is 0 Å². The van der Waals surface area contributed by atoms with Gasteiger partial charge in [0.05, 0.1) is 10.2 Å². The number of nitrogens with one attached hydrogen (secondary N) is 1. The lowest BCUT2D eigenvalue weighted by Gasteiger charge is -2.05. The number of hydrogen-bond acceptors (Lipinski definition) is 3. The molecule has 0 amide bonds. The number of aromatic nitrogens is 2. The average Bonchev–Trinajstić information content (AvgIpc) is 2.82. The van der Waals surface area contributed by atoms with Crippen LogP contribution >= 0.6 is 54.5 Å². The van der Waals surface area contributed by atoms with Crippen molar-refractivity contribution in [3.8, 4) is 22.8 Å². The van der Waals surface area contributed by atoms with Crippen molar-refractivity contribution in [2.45, 2.75) is 0 Å². The summed E-state index contributed by atoms with van der Waals surface area (Å²) in [5, 5.41) is 0. The Labute approximate surface area is 150 Å². The first-order valence-electron chi connectivity index (χ1n) is 5.86. The molecule has 0 fully saturated rings. The third-order valence-corrected chi connectivity index (χ3v) is 5.50. The van der Waals surface area contributed by atoms with E-state index in [1.807, 2.05) is 52.9 Å². The molecule has 1 aromatic carbocycles. The first-order valence-corrected chi connectivity index (χ1v) is 8.53. The van der Waals surface area contributed by atoms with E-state index < -0.39 is 0 Å². The van der Waals surface area contributed by atoms with Gasteiger partial charge in [-0.05, 0) is 54.5 Å². The molecule has 7 heteroatoms. The van der Waals surface area contributed by atoms with E-state index in [1.165, 1.54) is 0 Å². The average molecular weight is 522 g/mol. The van der Waals surface area contributed by atoms with E-state index in [2.05, 4.69) is 41.8 Å². The summed E-state index contributed by atoms with van der Waals surface area (Å²) in [4.78, 5) is 19.4. The van der Waals surface area contributed by atoms with E-state index in [9.17, 15) is 4.79 Å². The Balaban J connectivity index is 2.21. The summed E-state index contributed by atoms with van der Waals surface area (Å²) in [5.74, 6) is 0.880. The quantitative estimate of drug-likeness (QED) is 0.492. The third kappa shape index (κ3) is 3.00. The molecule has 0 radical (unpaired) electrons. The Kier molecular flexibility index (Phi) is 4.32. The second-order valence-electron chi connectivity index (χ2n) is 4.18. The monoisotopic (exact) mass is 520 g/mol. The van der Waals surface area contributed by atoms with Crippen molar-refractivity contribution < 1.29 is 4.42 Å². The number of rotatable bonds is 2. The maximum absolute atomic E-state index is 12.1. The lowest BCUT2D eigenvalue weighted by Crippen LogP contribution is -2.14. The number of aromatic amines is 1. The standard InChI is InChI=1S/C14H7Br2IN2O2/c15-8-6-9(21-12(8)16)13-18-11(10(17)14(20)19-13)7-4-2-1-3-5-7/h1-6H,(H,18,19,20). The van der Waals surface area contributed by atoms with Crippen molar-refractivity contribution in [1.29, 1.82) is 0 Å². The Morgan fingerprint density at radius 1 is 1.19 bits per heavy atom. The predicted molar refractivity (Wildman–Crippen MR) is 96.1 cm³/mol. The lowest BCUT2D eigenvalue weighted by atomic mass is 10.1.